The number of rotatable bonds is 3. The molecule has 2 nitrogen and oxygen atoms in total. The van der Waals surface area contributed by atoms with Crippen molar-refractivity contribution in [3.8, 4) is 6.07 Å². The molecular formula is C11H17N2+. The van der Waals surface area contributed by atoms with Gasteiger partial charge in [0.2, 0.25) is 0 Å². The minimum atomic E-state index is 1.15. The smallest absolute Gasteiger partial charge is 0.168 e. The van der Waals surface area contributed by atoms with Gasteiger partial charge in [0.05, 0.1) is 6.07 Å². The van der Waals surface area contributed by atoms with E-state index in [0.717, 1.165) is 6.54 Å². The molecule has 1 aromatic rings. The van der Waals surface area contributed by atoms with E-state index in [1.165, 1.54) is 19.8 Å². The topological polar surface area (TPSA) is 27.7 Å². The zero-order valence-corrected chi connectivity index (χ0v) is 8.40. The lowest BCUT2D eigenvalue weighted by Crippen LogP contribution is -2.31. The molecule has 0 aliphatic rings. The summed E-state index contributed by atoms with van der Waals surface area (Å²) in [6.45, 7) is 4.79. The van der Waals surface area contributed by atoms with Gasteiger partial charge >= 0.3 is 0 Å². The molecule has 0 radical (unpaired) electrons. The van der Waals surface area contributed by atoms with Crippen molar-refractivity contribution in [1.82, 2.24) is 0 Å². The summed E-state index contributed by atoms with van der Waals surface area (Å²) < 4.78 is 2.21. The summed E-state index contributed by atoms with van der Waals surface area (Å²) in [7, 11) is 0. The van der Waals surface area contributed by atoms with Crippen LogP contribution in [0.5, 0.6) is 0 Å². The van der Waals surface area contributed by atoms with E-state index < -0.39 is 0 Å². The molecule has 1 heterocycles. The van der Waals surface area contributed by atoms with Crippen LogP contribution in [0.4, 0.5) is 0 Å². The lowest BCUT2D eigenvalue weighted by molar-refractivity contribution is -0.697. The van der Waals surface area contributed by atoms with Crippen LogP contribution in [0.15, 0.2) is 30.6 Å². The van der Waals surface area contributed by atoms with Crippen LogP contribution in [0, 0.1) is 11.3 Å². The summed E-state index contributed by atoms with van der Waals surface area (Å²) in [4.78, 5) is 0. The lowest BCUT2D eigenvalue weighted by Gasteiger charge is -1.91. The van der Waals surface area contributed by atoms with Crippen LogP contribution in [-0.2, 0) is 6.54 Å². The minimum Gasteiger partial charge on any atom is -0.205 e. The molecule has 13 heavy (non-hydrogen) atoms. The summed E-state index contributed by atoms with van der Waals surface area (Å²) in [5.74, 6) is 0. The van der Waals surface area contributed by atoms with Gasteiger partial charge < -0.3 is 0 Å². The number of pyridine rings is 1. The maximum absolute atomic E-state index is 7.32. The van der Waals surface area contributed by atoms with Crippen molar-refractivity contribution < 1.29 is 4.57 Å². The normalized spacial score (nSPS) is 8.08. The standard InChI is InChI=1S/C9H14N.C2H3N/c1-2-3-7-10-8-5-4-6-9-10;1-2-3/h4-6,8-9H,2-3,7H2,1H3;1H3/q+1;. The molecule has 0 spiro atoms. The van der Waals surface area contributed by atoms with Gasteiger partial charge in [-0.25, -0.2) is 4.57 Å². The highest BCUT2D eigenvalue weighted by Gasteiger charge is 1.93. The van der Waals surface area contributed by atoms with Crippen molar-refractivity contribution in [3.63, 3.8) is 0 Å². The average Bonchev–Trinajstić information content (AvgIpc) is 2.18. The summed E-state index contributed by atoms with van der Waals surface area (Å²) in [5, 5.41) is 7.32. The van der Waals surface area contributed by atoms with Crippen LogP contribution in [0.1, 0.15) is 26.7 Å². The second kappa shape index (κ2) is 8.73. The molecule has 0 N–H and O–H groups in total. The number of hydrogen-bond acceptors (Lipinski definition) is 1. The molecular weight excluding hydrogens is 160 g/mol. The Labute approximate surface area is 80.4 Å². The van der Waals surface area contributed by atoms with Gasteiger partial charge in [-0.15, -0.1) is 0 Å². The third-order valence-electron chi connectivity index (χ3n) is 1.55. The van der Waals surface area contributed by atoms with Crippen molar-refractivity contribution in [2.24, 2.45) is 0 Å². The molecule has 0 aliphatic carbocycles. The van der Waals surface area contributed by atoms with E-state index in [1.807, 2.05) is 6.07 Å². The Balaban J connectivity index is 0.000000424. The molecule has 0 aromatic carbocycles. The first-order valence-electron chi connectivity index (χ1n) is 4.60. The highest BCUT2D eigenvalue weighted by Crippen LogP contribution is 1.85. The van der Waals surface area contributed by atoms with Crippen molar-refractivity contribution >= 4 is 0 Å². The van der Waals surface area contributed by atoms with E-state index in [-0.39, 0.29) is 0 Å². The largest absolute Gasteiger partial charge is 0.205 e. The maximum atomic E-state index is 7.32. The molecule has 1 aromatic heterocycles. The Morgan fingerprint density at radius 1 is 1.23 bits per heavy atom. The summed E-state index contributed by atoms with van der Waals surface area (Å²) in [6, 6.07) is 7.92. The van der Waals surface area contributed by atoms with Crippen molar-refractivity contribution in [3.05, 3.63) is 30.6 Å². The fraction of sp³-hybridized carbons (Fsp3) is 0.455. The molecule has 0 saturated heterocycles. The van der Waals surface area contributed by atoms with Crippen LogP contribution in [-0.4, -0.2) is 0 Å². The van der Waals surface area contributed by atoms with E-state index in [1.54, 1.807) is 6.07 Å². The average molecular weight is 177 g/mol. The van der Waals surface area contributed by atoms with Crippen molar-refractivity contribution in [2.45, 2.75) is 33.2 Å². The number of aryl methyl sites for hydroxylation is 1. The summed E-state index contributed by atoms with van der Waals surface area (Å²) in [6.07, 6.45) is 6.75. The van der Waals surface area contributed by atoms with Gasteiger partial charge in [-0.2, -0.15) is 5.26 Å². The molecule has 0 bridgehead atoms. The zero-order chi connectivity index (χ0) is 9.94. The second-order valence-electron chi connectivity index (χ2n) is 2.69. The van der Waals surface area contributed by atoms with Gasteiger partial charge in [0.25, 0.3) is 0 Å². The van der Waals surface area contributed by atoms with Crippen LogP contribution in [0.25, 0.3) is 0 Å². The zero-order valence-electron chi connectivity index (χ0n) is 8.40. The Morgan fingerprint density at radius 2 is 1.77 bits per heavy atom. The Morgan fingerprint density at radius 3 is 2.23 bits per heavy atom. The summed E-state index contributed by atoms with van der Waals surface area (Å²) >= 11 is 0. The van der Waals surface area contributed by atoms with Crippen LogP contribution >= 0.6 is 0 Å². The fourth-order valence-electron chi connectivity index (χ4n) is 0.924. The number of nitriles is 1. The first kappa shape index (κ1) is 11.6. The molecule has 0 amide bonds. The monoisotopic (exact) mass is 177 g/mol. The third kappa shape index (κ3) is 7.02. The number of nitrogens with zero attached hydrogens (tertiary/aromatic N) is 2. The van der Waals surface area contributed by atoms with Crippen molar-refractivity contribution in [2.75, 3.05) is 0 Å². The van der Waals surface area contributed by atoms with Gasteiger partial charge in [-0.3, -0.25) is 0 Å². The number of hydrogen-bond donors (Lipinski definition) is 0. The first-order valence-corrected chi connectivity index (χ1v) is 4.60. The predicted octanol–water partition coefficient (Wildman–Crippen LogP) is 2.30. The quantitative estimate of drug-likeness (QED) is 0.651. The van der Waals surface area contributed by atoms with Gasteiger partial charge in [0.15, 0.2) is 12.4 Å². The predicted molar refractivity (Wildman–Crippen MR) is 52.8 cm³/mol. The Hall–Kier alpha value is -1.36. The molecule has 0 saturated carbocycles. The molecule has 0 fully saturated rings. The highest BCUT2D eigenvalue weighted by molar-refractivity contribution is 4.83. The maximum Gasteiger partial charge on any atom is 0.168 e. The van der Waals surface area contributed by atoms with Gasteiger partial charge in [0.1, 0.15) is 6.54 Å². The minimum absolute atomic E-state index is 1.15. The van der Waals surface area contributed by atoms with Crippen LogP contribution in [0.2, 0.25) is 0 Å². The second-order valence-corrected chi connectivity index (χ2v) is 2.69. The molecule has 0 atom stereocenters. The number of aromatic nitrogens is 1. The molecule has 70 valence electrons. The van der Waals surface area contributed by atoms with Gasteiger partial charge in [-0.1, -0.05) is 19.4 Å². The van der Waals surface area contributed by atoms with Crippen molar-refractivity contribution in [1.29, 1.82) is 5.26 Å². The lowest BCUT2D eigenvalue weighted by atomic mass is 10.3. The Kier molecular flexibility index (Phi) is 7.82. The van der Waals surface area contributed by atoms with Crippen LogP contribution < -0.4 is 4.57 Å². The third-order valence-corrected chi connectivity index (χ3v) is 1.55. The fourth-order valence-corrected chi connectivity index (χ4v) is 0.924. The Bertz CT molecular complexity index is 236. The SMILES string of the molecule is CC#N.CCCC[n+]1ccccc1. The number of unbranched alkanes of at least 4 members (excludes halogenated alkanes) is 1. The van der Waals surface area contributed by atoms with E-state index in [0.29, 0.717) is 0 Å². The summed E-state index contributed by atoms with van der Waals surface area (Å²) in [5.41, 5.74) is 0. The van der Waals surface area contributed by atoms with E-state index in [2.05, 4.69) is 36.0 Å². The molecule has 0 aliphatic heterocycles. The molecule has 1 rings (SSSR count). The van der Waals surface area contributed by atoms with E-state index in [4.69, 9.17) is 5.26 Å². The van der Waals surface area contributed by atoms with Gasteiger partial charge in [0, 0.05) is 25.5 Å². The van der Waals surface area contributed by atoms with E-state index >= 15 is 0 Å². The highest BCUT2D eigenvalue weighted by atomic mass is 14.9. The molecule has 2 heteroatoms. The van der Waals surface area contributed by atoms with Gasteiger partial charge in [-0.05, 0) is 0 Å². The molecule has 0 unspecified atom stereocenters. The first-order chi connectivity index (χ1) is 6.35. The van der Waals surface area contributed by atoms with E-state index in [9.17, 15) is 0 Å². The van der Waals surface area contributed by atoms with Crippen LogP contribution in [0.3, 0.4) is 0 Å².